The first-order valence-corrected chi connectivity index (χ1v) is 18.8. The minimum absolute atomic E-state index is 0. The van der Waals surface area contributed by atoms with Crippen molar-refractivity contribution in [1.82, 2.24) is 15.0 Å². The van der Waals surface area contributed by atoms with Gasteiger partial charge in [-0.3, -0.25) is 0 Å². The summed E-state index contributed by atoms with van der Waals surface area (Å²) in [5, 5.41) is 0. The Morgan fingerprint density at radius 3 is 1.14 bits per heavy atom. The largest absolute Gasteiger partial charge is 3.00 e. The molecule has 9 aromatic rings. The molecule has 6 aromatic carbocycles. The van der Waals surface area contributed by atoms with Crippen molar-refractivity contribution >= 4 is 17.1 Å². The van der Waals surface area contributed by atoms with E-state index >= 15 is 0 Å². The predicted octanol–water partition coefficient (Wildman–Crippen LogP) is 13.4. The zero-order chi connectivity index (χ0) is 39.1. The summed E-state index contributed by atoms with van der Waals surface area (Å²) >= 11 is 0. The van der Waals surface area contributed by atoms with Gasteiger partial charge in [-0.05, 0) is 77.2 Å². The van der Waals surface area contributed by atoms with Gasteiger partial charge in [0.1, 0.15) is 0 Å². The number of para-hydroxylation sites is 2. The molecular weight excluding hydrogens is 885 g/mol. The standard InChI is InChI=1S/C29H21N2.2C12H10N.Ir/c1-3-12-26(13-4-1)31(27-14-5-2-6-15-27)28-19-17-23(18-20-28)24-10-9-11-25(22-24)29-16-7-8-21-30-29;2*1-10-5-4-6-11(9-10)12-7-2-3-8-13-12;/h1-10,12-22H;2*2-5,7-9H,1H3;/q3*-1;+3. The first-order valence-electron chi connectivity index (χ1n) is 18.8. The van der Waals surface area contributed by atoms with E-state index in [2.05, 4.69) is 149 Å². The monoisotopic (exact) mass is 926 g/mol. The van der Waals surface area contributed by atoms with Gasteiger partial charge in [0.05, 0.1) is 0 Å². The summed E-state index contributed by atoms with van der Waals surface area (Å²) in [5.74, 6) is 0. The molecular formula is C53H41IrN4. The van der Waals surface area contributed by atoms with Crippen LogP contribution in [0.5, 0.6) is 0 Å². The number of hydrogen-bond acceptors (Lipinski definition) is 4. The minimum Gasteiger partial charge on any atom is -0.311 e. The zero-order valence-corrected chi connectivity index (χ0v) is 34.7. The Bertz CT molecular complexity index is 2450. The molecule has 0 amide bonds. The average Bonchev–Trinajstić information content (AvgIpc) is 3.29. The third kappa shape index (κ3) is 11.2. The van der Waals surface area contributed by atoms with Gasteiger partial charge in [0.2, 0.25) is 0 Å². The molecule has 0 unspecified atom stereocenters. The Morgan fingerprint density at radius 2 is 0.741 bits per heavy atom. The number of rotatable bonds is 7. The summed E-state index contributed by atoms with van der Waals surface area (Å²) in [6.45, 7) is 4.14. The smallest absolute Gasteiger partial charge is 0.311 e. The summed E-state index contributed by atoms with van der Waals surface area (Å²) in [5.41, 5.74) is 14.2. The van der Waals surface area contributed by atoms with Crippen molar-refractivity contribution < 1.29 is 20.1 Å². The molecule has 0 fully saturated rings. The second-order valence-corrected chi connectivity index (χ2v) is 13.2. The van der Waals surface area contributed by atoms with Crippen molar-refractivity contribution in [2.45, 2.75) is 13.8 Å². The molecule has 5 heteroatoms. The number of anilines is 3. The van der Waals surface area contributed by atoms with E-state index < -0.39 is 0 Å². The normalized spacial score (nSPS) is 10.1. The number of pyridine rings is 3. The molecule has 0 saturated carbocycles. The van der Waals surface area contributed by atoms with Gasteiger partial charge >= 0.3 is 20.1 Å². The molecule has 3 aromatic heterocycles. The zero-order valence-electron chi connectivity index (χ0n) is 32.3. The number of benzene rings is 6. The fourth-order valence-corrected chi connectivity index (χ4v) is 6.22. The topological polar surface area (TPSA) is 41.9 Å². The molecule has 0 aliphatic heterocycles. The molecule has 4 nitrogen and oxygen atoms in total. The maximum absolute atomic E-state index is 4.45. The van der Waals surface area contributed by atoms with E-state index in [9.17, 15) is 0 Å². The van der Waals surface area contributed by atoms with E-state index in [4.69, 9.17) is 0 Å². The van der Waals surface area contributed by atoms with Crippen molar-refractivity contribution in [3.05, 3.63) is 242 Å². The minimum atomic E-state index is 0. The van der Waals surface area contributed by atoms with Crippen molar-refractivity contribution in [2.24, 2.45) is 0 Å². The molecule has 0 spiro atoms. The van der Waals surface area contributed by atoms with E-state index in [1.54, 1.807) is 12.4 Å². The summed E-state index contributed by atoms with van der Waals surface area (Å²) < 4.78 is 0. The second kappa shape index (κ2) is 20.9. The number of hydrogen-bond donors (Lipinski definition) is 0. The van der Waals surface area contributed by atoms with Crippen molar-refractivity contribution in [2.75, 3.05) is 4.90 Å². The van der Waals surface area contributed by atoms with Crippen LogP contribution in [-0.4, -0.2) is 15.0 Å². The fourth-order valence-electron chi connectivity index (χ4n) is 6.22. The summed E-state index contributed by atoms with van der Waals surface area (Å²) in [4.78, 5) is 15.2. The molecule has 9 rings (SSSR count). The Balaban J connectivity index is 0.000000173. The summed E-state index contributed by atoms with van der Waals surface area (Å²) in [6, 6.07) is 75.2. The maximum Gasteiger partial charge on any atom is 3.00 e. The van der Waals surface area contributed by atoms with Crippen LogP contribution in [0.3, 0.4) is 0 Å². The van der Waals surface area contributed by atoms with E-state index in [-0.39, 0.29) is 20.1 Å². The second-order valence-electron chi connectivity index (χ2n) is 13.2. The maximum atomic E-state index is 4.45. The van der Waals surface area contributed by atoms with Crippen LogP contribution < -0.4 is 4.90 Å². The molecule has 0 aliphatic carbocycles. The van der Waals surface area contributed by atoms with Gasteiger partial charge in [-0.1, -0.05) is 98.8 Å². The van der Waals surface area contributed by atoms with Gasteiger partial charge in [0, 0.05) is 35.7 Å². The number of aryl methyl sites for hydroxylation is 2. The van der Waals surface area contributed by atoms with Crippen molar-refractivity contribution in [3.8, 4) is 44.9 Å². The van der Waals surface area contributed by atoms with Crippen LogP contribution >= 0.6 is 0 Å². The van der Waals surface area contributed by atoms with Crippen molar-refractivity contribution in [1.29, 1.82) is 0 Å². The molecule has 58 heavy (non-hydrogen) atoms. The Kier molecular flexibility index (Phi) is 14.8. The van der Waals surface area contributed by atoms with Gasteiger partial charge < -0.3 is 19.9 Å². The Morgan fingerprint density at radius 1 is 0.362 bits per heavy atom. The summed E-state index contributed by atoms with van der Waals surface area (Å²) in [7, 11) is 0. The fraction of sp³-hybridized carbons (Fsp3) is 0.0377. The van der Waals surface area contributed by atoms with Crippen LogP contribution in [0.4, 0.5) is 17.1 Å². The third-order valence-electron chi connectivity index (χ3n) is 9.03. The van der Waals surface area contributed by atoms with Gasteiger partial charge in [-0.15, -0.1) is 106 Å². The molecule has 0 N–H and O–H groups in total. The molecule has 0 bridgehead atoms. The number of nitrogens with zero attached hydrogens (tertiary/aromatic N) is 4. The van der Waals surface area contributed by atoms with Gasteiger partial charge in [-0.25, -0.2) is 0 Å². The molecule has 0 aliphatic rings. The molecule has 3 heterocycles. The molecule has 0 saturated heterocycles. The van der Waals surface area contributed by atoms with Crippen molar-refractivity contribution in [3.63, 3.8) is 0 Å². The van der Waals surface area contributed by atoms with E-state index in [0.717, 1.165) is 62.0 Å². The number of aromatic nitrogens is 3. The summed E-state index contributed by atoms with van der Waals surface area (Å²) in [6.07, 6.45) is 5.41. The molecule has 0 radical (unpaired) electrons. The first kappa shape index (κ1) is 40.9. The van der Waals surface area contributed by atoms with Gasteiger partial charge in [0.25, 0.3) is 0 Å². The average molecular weight is 926 g/mol. The Labute approximate surface area is 356 Å². The third-order valence-corrected chi connectivity index (χ3v) is 9.03. The van der Waals surface area contributed by atoms with Crippen LogP contribution in [-0.2, 0) is 20.1 Å². The van der Waals surface area contributed by atoms with Crippen LogP contribution in [0, 0.1) is 32.0 Å². The SMILES string of the molecule is Cc1cc[c-]c(-c2ccccn2)c1.Cc1cc[c-]c(-c2ccccn2)c1.[Ir+3].[c-]1ccc(-c2ccc(N(c3ccccc3)c3ccccc3)cc2)cc1-c1ccccn1. The predicted molar refractivity (Wildman–Crippen MR) is 235 cm³/mol. The Hall–Kier alpha value is -6.78. The van der Waals surface area contributed by atoms with Gasteiger partial charge in [-0.2, -0.15) is 0 Å². The van der Waals surface area contributed by atoms with E-state index in [1.165, 1.54) is 11.1 Å². The van der Waals surface area contributed by atoms with E-state index in [1.807, 2.05) is 103 Å². The van der Waals surface area contributed by atoms with Crippen LogP contribution in [0.25, 0.3) is 44.9 Å². The quantitative estimate of drug-likeness (QED) is 0.149. The van der Waals surface area contributed by atoms with E-state index in [0.29, 0.717) is 0 Å². The van der Waals surface area contributed by atoms with Crippen LogP contribution in [0.15, 0.2) is 213 Å². The van der Waals surface area contributed by atoms with Crippen LogP contribution in [0.2, 0.25) is 0 Å². The molecule has 282 valence electrons. The van der Waals surface area contributed by atoms with Crippen LogP contribution in [0.1, 0.15) is 11.1 Å². The molecule has 0 atom stereocenters. The first-order chi connectivity index (χ1) is 28.1. The van der Waals surface area contributed by atoms with Gasteiger partial charge in [0.15, 0.2) is 0 Å².